The number of amides is 1. The Kier molecular flexibility index (Phi) is 10.9. The molecule has 1 aliphatic heterocycles. The van der Waals surface area contributed by atoms with Crippen LogP contribution in [0.1, 0.15) is 63.7 Å². The number of phosphoric acid groups is 1. The van der Waals surface area contributed by atoms with Crippen molar-refractivity contribution in [2.45, 2.75) is 53.4 Å². The summed E-state index contributed by atoms with van der Waals surface area (Å²) in [5.74, 6) is -1.51. The van der Waals surface area contributed by atoms with Gasteiger partial charge in [-0.05, 0) is 71.8 Å². The van der Waals surface area contributed by atoms with Crippen molar-refractivity contribution in [1.82, 2.24) is 0 Å². The van der Waals surface area contributed by atoms with Gasteiger partial charge in [0.2, 0.25) is 0 Å². The smallest absolute Gasteiger partial charge is 0.508 e. The van der Waals surface area contributed by atoms with E-state index in [0.717, 1.165) is 37.3 Å². The largest absolute Gasteiger partial charge is 0.524 e. The Hall–Kier alpha value is -3.30. The van der Waals surface area contributed by atoms with Gasteiger partial charge in [-0.15, -0.1) is 0 Å². The fourth-order valence-corrected chi connectivity index (χ4v) is 5.21. The summed E-state index contributed by atoms with van der Waals surface area (Å²) in [5.41, 5.74) is 3.69. The zero-order chi connectivity index (χ0) is 31.2. The maximum Gasteiger partial charge on any atom is 0.524 e. The standard InChI is InChI=1S/C29H38N2O9P2/c1-19(2)9-6-10-20(3)11-7-12-21(4)15-16-31-24-17-22(32)18-26(40-42(36,37)38)28(24)30-27-23(29(31)33)13-8-14-25(27)39-41(5,34)35/h8-9,11,13-15,17-18,30,32,34-35H,5-7,10,12,16H2,1-4H3,(H2,36,37,38)/b20-11+,21-15+. The number of phosphoric ester groups is 1. The first-order chi connectivity index (χ1) is 19.5. The summed E-state index contributed by atoms with van der Waals surface area (Å²) < 4.78 is 21.8. The SMILES string of the molecule is C=P(O)(O)Oc1cccc2c1Nc1c(OP(=O)(O)O)cc(O)cc1N(C/C=C(\C)CC/C=C(\C)CCC=C(C)C)C2=O. The molecule has 1 amide bonds. The molecule has 2 aromatic carbocycles. The van der Waals surface area contributed by atoms with E-state index in [-0.39, 0.29) is 34.9 Å². The normalized spacial score (nSPS) is 14.0. The minimum atomic E-state index is -5.09. The van der Waals surface area contributed by atoms with Crippen molar-refractivity contribution < 1.29 is 43.1 Å². The van der Waals surface area contributed by atoms with Crippen LogP contribution in [-0.2, 0) is 4.57 Å². The highest BCUT2D eigenvalue weighted by molar-refractivity contribution is 7.58. The van der Waals surface area contributed by atoms with Gasteiger partial charge in [-0.25, -0.2) is 4.57 Å². The number of allylic oxidation sites excluding steroid dienone is 5. The molecule has 42 heavy (non-hydrogen) atoms. The fourth-order valence-electron chi connectivity index (χ4n) is 4.34. The van der Waals surface area contributed by atoms with Crippen LogP contribution in [0.25, 0.3) is 0 Å². The van der Waals surface area contributed by atoms with Crippen LogP contribution in [0.3, 0.4) is 0 Å². The van der Waals surface area contributed by atoms with Crippen molar-refractivity contribution in [3.05, 3.63) is 70.8 Å². The molecular formula is C29H38N2O9P2. The number of nitrogens with zero attached hydrogens (tertiary/aromatic N) is 1. The Balaban J connectivity index is 1.99. The van der Waals surface area contributed by atoms with E-state index in [9.17, 15) is 34.0 Å². The minimum absolute atomic E-state index is 0.00180. The molecule has 0 fully saturated rings. The lowest BCUT2D eigenvalue weighted by atomic mass is 10.1. The predicted molar refractivity (Wildman–Crippen MR) is 167 cm³/mol. The summed E-state index contributed by atoms with van der Waals surface area (Å²) >= 11 is 0. The lowest BCUT2D eigenvalue weighted by molar-refractivity contribution is 0.0990. The molecule has 1 heterocycles. The third kappa shape index (κ3) is 9.63. The molecule has 0 saturated carbocycles. The maximum atomic E-state index is 13.9. The highest BCUT2D eigenvalue weighted by atomic mass is 31.2. The van der Waals surface area contributed by atoms with Gasteiger partial charge in [0, 0.05) is 18.7 Å². The summed E-state index contributed by atoms with van der Waals surface area (Å²) in [6.45, 7) is 8.25. The van der Waals surface area contributed by atoms with Gasteiger partial charge in [0.25, 0.3) is 13.5 Å². The van der Waals surface area contributed by atoms with Crippen molar-refractivity contribution in [2.24, 2.45) is 0 Å². The molecule has 13 heteroatoms. The highest BCUT2D eigenvalue weighted by Crippen LogP contribution is 2.51. The fraction of sp³-hybridized carbons (Fsp3) is 0.310. The van der Waals surface area contributed by atoms with Crippen molar-refractivity contribution >= 4 is 44.7 Å². The molecule has 228 valence electrons. The van der Waals surface area contributed by atoms with Crippen LogP contribution in [0.4, 0.5) is 17.1 Å². The van der Waals surface area contributed by atoms with E-state index in [1.807, 2.05) is 13.0 Å². The first-order valence-corrected chi connectivity index (χ1v) is 16.5. The quantitative estimate of drug-likeness (QED) is 0.0870. The molecule has 0 spiro atoms. The lowest BCUT2D eigenvalue weighted by Gasteiger charge is -2.23. The number of carbonyl (C=O) groups is 1. The molecule has 11 nitrogen and oxygen atoms in total. The Morgan fingerprint density at radius 1 is 0.929 bits per heavy atom. The van der Waals surface area contributed by atoms with Crippen LogP contribution in [0, 0.1) is 0 Å². The van der Waals surface area contributed by atoms with Gasteiger partial charge in [0.15, 0.2) is 11.5 Å². The topological polar surface area (TPSA) is 169 Å². The number of hydrogen-bond acceptors (Lipinski definition) is 8. The molecule has 2 aromatic rings. The number of anilines is 3. The second-order valence-electron chi connectivity index (χ2n) is 10.4. The van der Waals surface area contributed by atoms with Gasteiger partial charge in [-0.2, -0.15) is 0 Å². The average Bonchev–Trinajstić information content (AvgIpc) is 2.95. The van der Waals surface area contributed by atoms with E-state index in [2.05, 4.69) is 44.5 Å². The number of para-hydroxylation sites is 1. The molecule has 1 aliphatic rings. The molecule has 6 N–H and O–H groups in total. The molecule has 0 saturated heterocycles. The number of aromatic hydroxyl groups is 1. The van der Waals surface area contributed by atoms with Crippen LogP contribution >= 0.6 is 15.4 Å². The van der Waals surface area contributed by atoms with E-state index in [4.69, 9.17) is 9.05 Å². The second kappa shape index (κ2) is 13.8. The Morgan fingerprint density at radius 3 is 2.19 bits per heavy atom. The molecule has 3 rings (SSSR count). The van der Waals surface area contributed by atoms with Crippen molar-refractivity contribution in [3.63, 3.8) is 0 Å². The number of nitrogens with one attached hydrogen (secondary N) is 1. The lowest BCUT2D eigenvalue weighted by Crippen LogP contribution is -2.30. The molecular weight excluding hydrogens is 582 g/mol. The summed E-state index contributed by atoms with van der Waals surface area (Å²) in [6.07, 6.45) is 13.0. The zero-order valence-corrected chi connectivity index (χ0v) is 25.9. The van der Waals surface area contributed by atoms with Crippen molar-refractivity contribution in [3.8, 4) is 17.2 Å². The van der Waals surface area contributed by atoms with Gasteiger partial charge in [-0.3, -0.25) is 14.6 Å². The summed E-state index contributed by atoms with van der Waals surface area (Å²) in [6, 6.07) is 6.60. The van der Waals surface area contributed by atoms with E-state index in [1.165, 1.54) is 40.3 Å². The van der Waals surface area contributed by atoms with Crippen LogP contribution in [-0.4, -0.2) is 43.4 Å². The predicted octanol–water partition coefficient (Wildman–Crippen LogP) is 6.54. The number of rotatable bonds is 12. The number of benzene rings is 2. The highest BCUT2D eigenvalue weighted by Gasteiger charge is 2.33. The Bertz CT molecular complexity index is 1520. The third-order valence-corrected chi connectivity index (χ3v) is 7.24. The first-order valence-electron chi connectivity index (χ1n) is 13.2. The third-order valence-electron chi connectivity index (χ3n) is 6.32. The number of fused-ring (bicyclic) bond motifs is 2. The Morgan fingerprint density at radius 2 is 1.57 bits per heavy atom. The van der Waals surface area contributed by atoms with Gasteiger partial charge in [0.05, 0.1) is 16.9 Å². The summed E-state index contributed by atoms with van der Waals surface area (Å²) in [7, 11) is -9.14. The van der Waals surface area contributed by atoms with Crippen molar-refractivity contribution in [1.29, 1.82) is 0 Å². The van der Waals surface area contributed by atoms with Gasteiger partial charge in [0.1, 0.15) is 11.4 Å². The number of phenols is 1. The van der Waals surface area contributed by atoms with E-state index in [0.29, 0.717) is 0 Å². The number of phenolic OH excluding ortho intramolecular Hbond substituents is 1. The molecule has 0 atom stereocenters. The first kappa shape index (κ1) is 33.2. The monoisotopic (exact) mass is 620 g/mol. The molecule has 0 radical (unpaired) electrons. The van der Waals surface area contributed by atoms with Gasteiger partial charge < -0.3 is 34.2 Å². The van der Waals surface area contributed by atoms with Crippen LogP contribution in [0.2, 0.25) is 0 Å². The van der Waals surface area contributed by atoms with Crippen LogP contribution < -0.4 is 19.3 Å². The summed E-state index contributed by atoms with van der Waals surface area (Å²) in [4.78, 5) is 53.9. The van der Waals surface area contributed by atoms with Gasteiger partial charge in [-0.1, -0.05) is 41.0 Å². The second-order valence-corrected chi connectivity index (χ2v) is 13.0. The Labute approximate surface area is 245 Å². The van der Waals surface area contributed by atoms with Crippen LogP contribution in [0.15, 0.2) is 65.3 Å². The maximum absolute atomic E-state index is 13.9. The van der Waals surface area contributed by atoms with E-state index >= 15 is 0 Å². The zero-order valence-electron chi connectivity index (χ0n) is 24.1. The minimum Gasteiger partial charge on any atom is -0.508 e. The van der Waals surface area contributed by atoms with Crippen molar-refractivity contribution in [2.75, 3.05) is 16.8 Å². The van der Waals surface area contributed by atoms with Gasteiger partial charge >= 0.3 is 7.82 Å². The average molecular weight is 621 g/mol. The molecule has 0 bridgehead atoms. The molecule has 0 unspecified atom stereocenters. The van der Waals surface area contributed by atoms with E-state index < -0.39 is 32.8 Å². The summed E-state index contributed by atoms with van der Waals surface area (Å²) in [5, 5.41) is 13.3. The number of carbonyl (C=O) groups excluding carboxylic acids is 1. The number of hydrogen-bond donors (Lipinski definition) is 6. The molecule has 0 aromatic heterocycles. The van der Waals surface area contributed by atoms with E-state index in [1.54, 1.807) is 0 Å². The molecule has 0 aliphatic carbocycles. The van der Waals surface area contributed by atoms with Crippen LogP contribution in [0.5, 0.6) is 17.2 Å².